The van der Waals surface area contributed by atoms with Crippen molar-refractivity contribution in [3.05, 3.63) is 43.7 Å². The molecule has 0 aliphatic heterocycles. The average molecular weight is 308 g/mol. The predicted molar refractivity (Wildman–Crippen MR) is 75.8 cm³/mol. The van der Waals surface area contributed by atoms with Crippen molar-refractivity contribution in [2.45, 2.75) is 6.42 Å². The first kappa shape index (κ1) is 13.0. The number of anilines is 1. The van der Waals surface area contributed by atoms with E-state index in [4.69, 9.17) is 34.8 Å². The van der Waals surface area contributed by atoms with Gasteiger partial charge in [0.25, 0.3) is 0 Å². The van der Waals surface area contributed by atoms with Crippen molar-refractivity contribution < 1.29 is 0 Å². The molecule has 1 N–H and O–H groups in total. The fraction of sp³-hybridized carbons (Fsp3) is 0.182. The minimum absolute atomic E-state index is 0.529. The third-order valence-corrected chi connectivity index (χ3v) is 3.89. The molecule has 2 aromatic rings. The minimum atomic E-state index is 0.529. The molecule has 0 fully saturated rings. The molecule has 0 radical (unpaired) electrons. The lowest BCUT2D eigenvalue weighted by Gasteiger charge is -2.06. The zero-order valence-corrected chi connectivity index (χ0v) is 11.8. The summed E-state index contributed by atoms with van der Waals surface area (Å²) in [7, 11) is 0. The number of hydrogen-bond acceptors (Lipinski definition) is 3. The Balaban J connectivity index is 1.90. The molecule has 0 amide bonds. The van der Waals surface area contributed by atoms with Gasteiger partial charge in [-0.15, -0.1) is 11.3 Å². The molecule has 6 heteroatoms. The lowest BCUT2D eigenvalue weighted by molar-refractivity contribution is 1.03. The van der Waals surface area contributed by atoms with Gasteiger partial charge in [0.2, 0.25) is 0 Å². The van der Waals surface area contributed by atoms with E-state index in [9.17, 15) is 0 Å². The van der Waals surface area contributed by atoms with Crippen LogP contribution in [0.4, 0.5) is 5.82 Å². The molecule has 0 unspecified atom stereocenters. The van der Waals surface area contributed by atoms with Crippen LogP contribution < -0.4 is 5.32 Å². The fourth-order valence-electron chi connectivity index (χ4n) is 1.33. The number of thiophene rings is 1. The molecule has 0 saturated carbocycles. The molecular formula is C11H9Cl3N2S. The Labute approximate surface area is 119 Å². The van der Waals surface area contributed by atoms with Gasteiger partial charge in [-0.1, -0.05) is 34.8 Å². The molecular weight excluding hydrogens is 299 g/mol. The summed E-state index contributed by atoms with van der Waals surface area (Å²) in [4.78, 5) is 5.35. The molecule has 2 heterocycles. The standard InChI is InChI=1S/C11H9Cl3N2S/c12-7-5-9(13)11(16-6-7)15-4-3-8-1-2-10(14)17-8/h1-2,5-6H,3-4H2,(H,15,16). The highest BCUT2D eigenvalue weighted by molar-refractivity contribution is 7.16. The minimum Gasteiger partial charge on any atom is -0.368 e. The van der Waals surface area contributed by atoms with Crippen LogP contribution >= 0.6 is 46.1 Å². The molecule has 0 bridgehead atoms. The van der Waals surface area contributed by atoms with Gasteiger partial charge >= 0.3 is 0 Å². The molecule has 0 aliphatic rings. The van der Waals surface area contributed by atoms with Crippen LogP contribution in [0.3, 0.4) is 0 Å². The van der Waals surface area contributed by atoms with Crippen molar-refractivity contribution in [1.82, 2.24) is 4.98 Å². The Morgan fingerprint density at radius 2 is 2.06 bits per heavy atom. The van der Waals surface area contributed by atoms with Crippen molar-refractivity contribution in [3.63, 3.8) is 0 Å². The van der Waals surface area contributed by atoms with Crippen LogP contribution in [0.1, 0.15) is 4.88 Å². The van der Waals surface area contributed by atoms with Crippen LogP contribution in [-0.4, -0.2) is 11.5 Å². The topological polar surface area (TPSA) is 24.9 Å². The van der Waals surface area contributed by atoms with E-state index in [-0.39, 0.29) is 0 Å². The first-order valence-electron chi connectivity index (χ1n) is 4.94. The van der Waals surface area contributed by atoms with Crippen molar-refractivity contribution in [2.24, 2.45) is 0 Å². The normalized spacial score (nSPS) is 10.5. The lowest BCUT2D eigenvalue weighted by atomic mass is 10.3. The monoisotopic (exact) mass is 306 g/mol. The van der Waals surface area contributed by atoms with E-state index in [0.29, 0.717) is 15.9 Å². The summed E-state index contributed by atoms with van der Waals surface area (Å²) >= 11 is 19.2. The quantitative estimate of drug-likeness (QED) is 0.881. The van der Waals surface area contributed by atoms with Gasteiger partial charge in [-0.2, -0.15) is 0 Å². The summed E-state index contributed by atoms with van der Waals surface area (Å²) in [5.74, 6) is 0.652. The highest BCUT2D eigenvalue weighted by Crippen LogP contribution is 2.24. The molecule has 90 valence electrons. The van der Waals surface area contributed by atoms with Crippen molar-refractivity contribution in [3.8, 4) is 0 Å². The second kappa shape index (κ2) is 5.91. The highest BCUT2D eigenvalue weighted by atomic mass is 35.5. The Kier molecular flexibility index (Phi) is 4.51. The second-order valence-corrected chi connectivity index (χ2v) is 6.01. The van der Waals surface area contributed by atoms with Crippen LogP contribution in [0, 0.1) is 0 Å². The predicted octanol–water partition coefficient (Wildman–Crippen LogP) is 4.76. The number of nitrogens with zero attached hydrogens (tertiary/aromatic N) is 1. The Morgan fingerprint density at radius 1 is 1.24 bits per heavy atom. The maximum Gasteiger partial charge on any atom is 0.144 e. The molecule has 17 heavy (non-hydrogen) atoms. The first-order valence-corrected chi connectivity index (χ1v) is 6.89. The molecule has 2 aromatic heterocycles. The fourth-order valence-corrected chi connectivity index (χ4v) is 2.87. The van der Waals surface area contributed by atoms with Crippen LogP contribution in [0.2, 0.25) is 14.4 Å². The molecule has 0 saturated heterocycles. The second-order valence-electron chi connectivity index (χ2n) is 3.37. The van der Waals surface area contributed by atoms with Crippen LogP contribution in [0.15, 0.2) is 24.4 Å². The largest absolute Gasteiger partial charge is 0.368 e. The number of halogens is 3. The molecule has 2 rings (SSSR count). The highest BCUT2D eigenvalue weighted by Gasteiger charge is 2.03. The number of hydrogen-bond donors (Lipinski definition) is 1. The first-order chi connectivity index (χ1) is 8.15. The van der Waals surface area contributed by atoms with Gasteiger partial charge in [-0.05, 0) is 24.6 Å². The molecule has 0 aliphatic carbocycles. The Bertz CT molecular complexity index is 513. The molecule has 2 nitrogen and oxygen atoms in total. The summed E-state index contributed by atoms with van der Waals surface area (Å²) in [5, 5.41) is 4.22. The summed E-state index contributed by atoms with van der Waals surface area (Å²) in [6.45, 7) is 0.755. The van der Waals surface area contributed by atoms with E-state index < -0.39 is 0 Å². The Hall–Kier alpha value is -0.480. The zero-order chi connectivity index (χ0) is 12.3. The van der Waals surface area contributed by atoms with E-state index in [1.807, 2.05) is 12.1 Å². The smallest absolute Gasteiger partial charge is 0.144 e. The average Bonchev–Trinajstić information content (AvgIpc) is 2.68. The van der Waals surface area contributed by atoms with Gasteiger partial charge in [-0.25, -0.2) is 4.98 Å². The van der Waals surface area contributed by atoms with Crippen molar-refractivity contribution in [2.75, 3.05) is 11.9 Å². The van der Waals surface area contributed by atoms with Gasteiger partial charge in [0, 0.05) is 17.6 Å². The lowest BCUT2D eigenvalue weighted by Crippen LogP contribution is -2.05. The van der Waals surface area contributed by atoms with Crippen LogP contribution in [-0.2, 0) is 6.42 Å². The van der Waals surface area contributed by atoms with E-state index in [0.717, 1.165) is 17.3 Å². The van der Waals surface area contributed by atoms with E-state index >= 15 is 0 Å². The Morgan fingerprint density at radius 3 is 2.71 bits per heavy atom. The third-order valence-electron chi connectivity index (χ3n) is 2.10. The SMILES string of the molecule is Clc1cnc(NCCc2ccc(Cl)s2)c(Cl)c1. The number of pyridine rings is 1. The molecule has 0 aromatic carbocycles. The summed E-state index contributed by atoms with van der Waals surface area (Å²) in [6.07, 6.45) is 2.45. The third kappa shape index (κ3) is 3.75. The summed E-state index contributed by atoms with van der Waals surface area (Å²) in [5.41, 5.74) is 0. The van der Waals surface area contributed by atoms with Gasteiger partial charge in [0.15, 0.2) is 0 Å². The van der Waals surface area contributed by atoms with Crippen molar-refractivity contribution >= 4 is 52.0 Å². The number of rotatable bonds is 4. The van der Waals surface area contributed by atoms with E-state index in [1.165, 1.54) is 4.88 Å². The maximum atomic E-state index is 5.99. The van der Waals surface area contributed by atoms with Gasteiger partial charge < -0.3 is 5.32 Å². The van der Waals surface area contributed by atoms with Crippen LogP contribution in [0.5, 0.6) is 0 Å². The number of nitrogens with one attached hydrogen (secondary N) is 1. The number of aromatic nitrogens is 1. The maximum absolute atomic E-state index is 5.99. The molecule has 0 atom stereocenters. The van der Waals surface area contributed by atoms with Gasteiger partial charge in [0.1, 0.15) is 5.82 Å². The van der Waals surface area contributed by atoms with Crippen molar-refractivity contribution in [1.29, 1.82) is 0 Å². The summed E-state index contributed by atoms with van der Waals surface area (Å²) < 4.78 is 0.808. The van der Waals surface area contributed by atoms with Gasteiger partial charge in [0.05, 0.1) is 14.4 Å². The van der Waals surface area contributed by atoms with E-state index in [2.05, 4.69) is 10.3 Å². The molecule has 0 spiro atoms. The van der Waals surface area contributed by atoms with Gasteiger partial charge in [-0.3, -0.25) is 0 Å². The summed E-state index contributed by atoms with van der Waals surface area (Å²) in [6, 6.07) is 5.58. The zero-order valence-electron chi connectivity index (χ0n) is 8.71. The van der Waals surface area contributed by atoms with Crippen LogP contribution in [0.25, 0.3) is 0 Å². The van der Waals surface area contributed by atoms with E-state index in [1.54, 1.807) is 23.6 Å².